The van der Waals surface area contributed by atoms with Gasteiger partial charge in [0.1, 0.15) is 25.4 Å². The van der Waals surface area contributed by atoms with Gasteiger partial charge in [-0.25, -0.2) is 9.13 Å². The van der Waals surface area contributed by atoms with Crippen molar-refractivity contribution in [1.82, 2.24) is 0 Å². The SMILES string of the molecule is CC/C=C\C/C=C\C/C=C\C/C=C\C/C=C\CCCCCCCCCCCCCCCCCCCC(=O)OCC(O)COP(=O)(O)OCC(O)COP(=O)(O)OCC(COC(=O)CCCCCCCCCCCCCCC/C=C\C/C=C\C/C=C\C/C=C\C/C=C\CC)OC(=O)CCCCCCCCCCCCC. The highest BCUT2D eigenvalue weighted by Crippen LogP contribution is 2.45. The summed E-state index contributed by atoms with van der Waals surface area (Å²) in [6, 6.07) is 0. The number of allylic oxidation sites excluding steroid dienone is 20. The number of carbonyl (C=O) groups excluding carboxylic acids is 3. The van der Waals surface area contributed by atoms with E-state index in [1.54, 1.807) is 0 Å². The molecule has 5 atom stereocenters. The van der Waals surface area contributed by atoms with Crippen LogP contribution in [-0.2, 0) is 55.8 Å². The van der Waals surface area contributed by atoms with E-state index in [1.165, 1.54) is 186 Å². The summed E-state index contributed by atoms with van der Waals surface area (Å²) in [5, 5.41) is 20.7. The molecule has 630 valence electrons. The van der Waals surface area contributed by atoms with Gasteiger partial charge in [0.15, 0.2) is 6.10 Å². The Balaban J connectivity index is 4.35. The molecule has 109 heavy (non-hydrogen) atoms. The zero-order valence-electron chi connectivity index (χ0n) is 69.2. The van der Waals surface area contributed by atoms with E-state index in [0.29, 0.717) is 19.3 Å². The van der Waals surface area contributed by atoms with E-state index < -0.39 is 91.5 Å². The minimum absolute atomic E-state index is 0.108. The molecular formula is C91H160O16P2. The van der Waals surface area contributed by atoms with Crippen molar-refractivity contribution in [3.05, 3.63) is 122 Å². The van der Waals surface area contributed by atoms with Crippen LogP contribution in [0.4, 0.5) is 0 Å². The highest BCUT2D eigenvalue weighted by Gasteiger charge is 2.29. The number of ether oxygens (including phenoxy) is 3. The lowest BCUT2D eigenvalue weighted by Gasteiger charge is -2.21. The van der Waals surface area contributed by atoms with Crippen LogP contribution in [0.3, 0.4) is 0 Å². The average molecular weight is 1570 g/mol. The van der Waals surface area contributed by atoms with Crippen molar-refractivity contribution in [2.75, 3.05) is 39.6 Å². The molecule has 0 aromatic heterocycles. The molecule has 0 radical (unpaired) electrons. The van der Waals surface area contributed by atoms with E-state index >= 15 is 0 Å². The number of hydrogen-bond donors (Lipinski definition) is 4. The largest absolute Gasteiger partial charge is 0.472 e. The molecular weight excluding hydrogens is 1410 g/mol. The van der Waals surface area contributed by atoms with E-state index in [-0.39, 0.29) is 19.3 Å². The highest BCUT2D eigenvalue weighted by atomic mass is 31.2. The zero-order valence-corrected chi connectivity index (χ0v) is 71.0. The number of carbonyl (C=O) groups is 3. The van der Waals surface area contributed by atoms with Crippen LogP contribution < -0.4 is 0 Å². The van der Waals surface area contributed by atoms with Gasteiger partial charge in [-0.05, 0) is 109 Å². The number of rotatable bonds is 83. The Morgan fingerprint density at radius 1 is 0.266 bits per heavy atom. The first-order valence-corrected chi connectivity index (χ1v) is 46.8. The second-order valence-electron chi connectivity index (χ2n) is 29.3. The number of aliphatic hydroxyl groups is 2. The molecule has 0 heterocycles. The van der Waals surface area contributed by atoms with Crippen LogP contribution in [0.15, 0.2) is 122 Å². The molecule has 0 fully saturated rings. The van der Waals surface area contributed by atoms with Crippen molar-refractivity contribution in [1.29, 1.82) is 0 Å². The number of aliphatic hydroxyl groups excluding tert-OH is 2. The van der Waals surface area contributed by atoms with E-state index in [4.69, 9.17) is 32.3 Å². The lowest BCUT2D eigenvalue weighted by molar-refractivity contribution is -0.161. The van der Waals surface area contributed by atoms with E-state index in [0.717, 1.165) is 135 Å². The second-order valence-corrected chi connectivity index (χ2v) is 32.2. The smallest absolute Gasteiger partial charge is 0.463 e. The van der Waals surface area contributed by atoms with Crippen LogP contribution in [0.5, 0.6) is 0 Å². The number of phosphoric acid groups is 2. The van der Waals surface area contributed by atoms with E-state index in [2.05, 4.69) is 142 Å². The third kappa shape index (κ3) is 84.7. The zero-order chi connectivity index (χ0) is 79.4. The Morgan fingerprint density at radius 2 is 0.486 bits per heavy atom. The van der Waals surface area contributed by atoms with Crippen LogP contribution in [0.1, 0.15) is 380 Å². The predicted octanol–water partition coefficient (Wildman–Crippen LogP) is 26.4. The molecule has 4 N–H and O–H groups in total. The van der Waals surface area contributed by atoms with Crippen molar-refractivity contribution in [2.45, 2.75) is 399 Å². The molecule has 0 spiro atoms. The van der Waals surface area contributed by atoms with Gasteiger partial charge in [-0.3, -0.25) is 32.5 Å². The molecule has 0 aliphatic heterocycles. The molecule has 0 aliphatic rings. The van der Waals surface area contributed by atoms with Crippen LogP contribution >= 0.6 is 15.6 Å². The molecule has 0 aromatic rings. The number of phosphoric ester groups is 2. The maximum atomic E-state index is 12.9. The Bertz CT molecular complexity index is 2460. The first kappa shape index (κ1) is 105. The van der Waals surface area contributed by atoms with Crippen LogP contribution in [-0.4, -0.2) is 95.9 Å². The predicted molar refractivity (Wildman–Crippen MR) is 454 cm³/mol. The summed E-state index contributed by atoms with van der Waals surface area (Å²) in [4.78, 5) is 58.7. The maximum Gasteiger partial charge on any atom is 0.472 e. The highest BCUT2D eigenvalue weighted by molar-refractivity contribution is 7.47. The minimum Gasteiger partial charge on any atom is -0.463 e. The van der Waals surface area contributed by atoms with Crippen LogP contribution in [0, 0.1) is 0 Å². The normalized spacial score (nSPS) is 14.4. The summed E-state index contributed by atoms with van der Waals surface area (Å²) in [6.45, 7) is 2.50. The Hall–Kier alpha value is -4.05. The summed E-state index contributed by atoms with van der Waals surface area (Å²) in [7, 11) is -9.78. The van der Waals surface area contributed by atoms with Crippen LogP contribution in [0.25, 0.3) is 0 Å². The topological polar surface area (TPSA) is 231 Å². The average Bonchev–Trinajstić information content (AvgIpc) is 0.836. The lowest BCUT2D eigenvalue weighted by atomic mass is 10.0. The number of hydrogen-bond acceptors (Lipinski definition) is 14. The summed E-state index contributed by atoms with van der Waals surface area (Å²) in [5.74, 6) is -1.56. The number of esters is 3. The molecule has 5 unspecified atom stereocenters. The Morgan fingerprint density at radius 3 is 0.771 bits per heavy atom. The van der Waals surface area contributed by atoms with Gasteiger partial charge in [-0.15, -0.1) is 0 Å². The van der Waals surface area contributed by atoms with Gasteiger partial charge in [-0.1, -0.05) is 373 Å². The summed E-state index contributed by atoms with van der Waals surface area (Å²) in [6.07, 6.45) is 101. The summed E-state index contributed by atoms with van der Waals surface area (Å²) >= 11 is 0. The van der Waals surface area contributed by atoms with E-state index in [1.807, 2.05) is 0 Å². The quantitative estimate of drug-likeness (QED) is 0.0146. The molecule has 0 saturated carbocycles. The van der Waals surface area contributed by atoms with Gasteiger partial charge in [0.05, 0.1) is 26.4 Å². The van der Waals surface area contributed by atoms with Gasteiger partial charge in [0.2, 0.25) is 0 Å². The fourth-order valence-corrected chi connectivity index (χ4v) is 13.7. The lowest BCUT2D eigenvalue weighted by Crippen LogP contribution is -2.30. The van der Waals surface area contributed by atoms with Crippen molar-refractivity contribution in [2.24, 2.45) is 0 Å². The molecule has 0 aliphatic carbocycles. The first-order chi connectivity index (χ1) is 53.2. The molecule has 18 heteroatoms. The summed E-state index contributed by atoms with van der Waals surface area (Å²) in [5.41, 5.74) is 0. The van der Waals surface area contributed by atoms with Gasteiger partial charge >= 0.3 is 33.6 Å². The molecule has 16 nitrogen and oxygen atoms in total. The Labute approximate surface area is 665 Å². The monoisotopic (exact) mass is 1570 g/mol. The molecule has 0 saturated heterocycles. The molecule has 0 amide bonds. The second kappa shape index (κ2) is 83.4. The summed E-state index contributed by atoms with van der Waals surface area (Å²) < 4.78 is 61.2. The third-order valence-corrected chi connectivity index (χ3v) is 20.6. The molecule has 0 bridgehead atoms. The van der Waals surface area contributed by atoms with Crippen molar-refractivity contribution in [3.8, 4) is 0 Å². The Kier molecular flexibility index (Phi) is 80.3. The number of unbranched alkanes of at least 4 members (excludes halogenated alkanes) is 40. The molecule has 0 aromatic carbocycles. The van der Waals surface area contributed by atoms with Gasteiger partial charge in [0, 0.05) is 19.3 Å². The van der Waals surface area contributed by atoms with Gasteiger partial charge in [-0.2, -0.15) is 0 Å². The van der Waals surface area contributed by atoms with Gasteiger partial charge in [0.25, 0.3) is 0 Å². The molecule has 0 rings (SSSR count). The first-order valence-electron chi connectivity index (χ1n) is 43.8. The fraction of sp³-hybridized carbons (Fsp3) is 0.747. The standard InChI is InChI=1S/C91H160O16P2/c1-4-7-10-13-16-19-22-24-26-28-30-32-34-36-38-40-41-42-43-45-47-48-50-52-54-56-58-60-63-65-68-71-74-77-89(94)101-80-86(92)81-103-108(97,98)104-82-87(93)83-105-109(99,100)106-85-88(107-91(96)79-76-73-70-67-62-21-18-15-12-9-6-3)84-102-90(95)78-75-72-69-66-64-61-59-57-55-53-51-49-46-44-39-37-35-33-31-29-27-25-23-20-17-14-11-8-5-2/h7-8,10-11,16-17,19-20,24-27,30-33,36-39,86-88,92-93H,4-6,9,12-15,18,21-23,28-29,34-35,40-85H2,1-3H3,(H,97,98)(H,99,100)/b10-7-,11-8-,19-16-,20-17-,26-24-,27-25-,32-30-,33-31-,38-36-,39-37-. The fourth-order valence-electron chi connectivity index (χ4n) is 12.1. The van der Waals surface area contributed by atoms with E-state index in [9.17, 15) is 43.5 Å². The van der Waals surface area contributed by atoms with Crippen molar-refractivity contribution < 1.29 is 75.8 Å². The van der Waals surface area contributed by atoms with Crippen molar-refractivity contribution in [3.63, 3.8) is 0 Å². The van der Waals surface area contributed by atoms with Crippen molar-refractivity contribution >= 4 is 33.6 Å². The minimum atomic E-state index is -4.93. The van der Waals surface area contributed by atoms with Crippen LogP contribution in [0.2, 0.25) is 0 Å². The van der Waals surface area contributed by atoms with Gasteiger partial charge < -0.3 is 34.2 Å². The third-order valence-electron chi connectivity index (χ3n) is 18.7. The maximum absolute atomic E-state index is 12.9.